The van der Waals surface area contributed by atoms with E-state index in [1.54, 1.807) is 0 Å². The Bertz CT molecular complexity index is 4000. The number of rotatable bonds is 83. The van der Waals surface area contributed by atoms with E-state index < -0.39 is 220 Å². The van der Waals surface area contributed by atoms with Crippen LogP contribution in [0.15, 0.2) is 0 Å². The van der Waals surface area contributed by atoms with Crippen LogP contribution in [-0.2, 0) is 95.9 Å². The van der Waals surface area contributed by atoms with Gasteiger partial charge in [0, 0.05) is 118 Å². The number of nitrogens with two attached hydrogens (primary N) is 6. The summed E-state index contributed by atoms with van der Waals surface area (Å²) in [6, 6.07) is -10.9. The van der Waals surface area contributed by atoms with Gasteiger partial charge in [-0.1, -0.05) is 138 Å². The number of carbonyl (C=O) groups is 20. The van der Waals surface area contributed by atoms with Gasteiger partial charge in [-0.15, -0.1) is 0 Å². The van der Waals surface area contributed by atoms with Gasteiger partial charge in [0.15, 0.2) is 52.0 Å². The first-order valence-corrected chi connectivity index (χ1v) is 53.4. The standard InChI is InChI=1S/C107H192N16O20/c1-61(2)44-77(56-90(126)74(22)116-104(140)80(47-64(7)8)59-95(131)84(37-27-32-42-111)119-106(142)78(45-62(3)4)57-91(127)73(21)115-103(139)79(46-63(5)6)58-94(130)82(117-75(23)124)35-25-30-40-109)105(141)118-83(36-26-31-41-110)92(128)54-71(19)100(136)123-88(51-68(15)16)107(143)120-85(38-28-33-43-112)96(132)60-81(48-65(9)10)102(138)114-72(20)89(125)53-70(18)99(135)121-87(50-67(13)14)97(133)55-76(34-24-29-39-108)101(137)122-86(49-66(11)12)93(129)52-69(17)98(113)134/h61-74,76-88H,24-60,108-112H2,1-23H3,(H2,113,134)(H,114,138)(H,115,139)(H,116,140)(H,117,124)(H,118,141)(H,119,142)(H,120,143)(H,121,135)(H,122,137)(H,123,136). The van der Waals surface area contributed by atoms with E-state index in [9.17, 15) is 95.9 Å². The zero-order valence-electron chi connectivity index (χ0n) is 91.4. The minimum atomic E-state index is -1.23. The van der Waals surface area contributed by atoms with Gasteiger partial charge in [-0.3, -0.25) is 95.9 Å². The predicted octanol–water partition coefficient (Wildman–Crippen LogP) is 8.65. The van der Waals surface area contributed by atoms with Crippen LogP contribution in [0, 0.1) is 101 Å². The quantitative estimate of drug-likeness (QED) is 0.0253. The lowest BCUT2D eigenvalue weighted by Gasteiger charge is -2.27. The summed E-state index contributed by atoms with van der Waals surface area (Å²) >= 11 is 0. The fraction of sp³-hybridized carbons (Fsp3) is 0.813. The molecule has 36 nitrogen and oxygen atoms in total. The van der Waals surface area contributed by atoms with Crippen LogP contribution in [0.1, 0.15) is 365 Å². The predicted molar refractivity (Wildman–Crippen MR) is 556 cm³/mol. The Morgan fingerprint density at radius 2 is 0.385 bits per heavy atom. The first-order chi connectivity index (χ1) is 66.9. The van der Waals surface area contributed by atoms with Gasteiger partial charge < -0.3 is 87.6 Å². The van der Waals surface area contributed by atoms with Crippen molar-refractivity contribution in [2.75, 3.05) is 32.7 Å². The van der Waals surface area contributed by atoms with Gasteiger partial charge >= 0.3 is 0 Å². The Balaban J connectivity index is 6.84. The van der Waals surface area contributed by atoms with Crippen LogP contribution >= 0.6 is 0 Å². The smallest absolute Gasteiger partial charge is 0.243 e. The molecule has 19 atom stereocenters. The highest BCUT2D eigenvalue weighted by atomic mass is 16.2. The maximum absolute atomic E-state index is 14.7. The zero-order valence-corrected chi connectivity index (χ0v) is 91.4. The molecule has 0 aromatic rings. The molecule has 0 aromatic heterocycles. The molecule has 0 aliphatic carbocycles. The van der Waals surface area contributed by atoms with Crippen LogP contribution in [0.2, 0.25) is 0 Å². The lowest BCUT2D eigenvalue weighted by atomic mass is 9.86. The van der Waals surface area contributed by atoms with Gasteiger partial charge in [0.05, 0.1) is 54.4 Å². The minimum Gasteiger partial charge on any atom is -0.369 e. The van der Waals surface area contributed by atoms with Crippen LogP contribution in [0.3, 0.4) is 0 Å². The van der Waals surface area contributed by atoms with Crippen LogP contribution in [-0.4, -0.2) is 210 Å². The molecule has 820 valence electrons. The zero-order chi connectivity index (χ0) is 109. The molecule has 0 saturated heterocycles. The Morgan fingerprint density at radius 3 is 0.671 bits per heavy atom. The number of hydrogen-bond acceptors (Lipinski definition) is 25. The summed E-state index contributed by atoms with van der Waals surface area (Å²) in [5, 5.41) is 28.2. The molecule has 0 radical (unpaired) electrons. The SMILES string of the molecule is CC(=O)NC(CCCCN)C(=O)CC(CC(C)C)C(=O)NC(C)C(=O)CC(CC(C)C)C(=O)NC(CCCCN)C(=O)CC(CC(C)C)C(=O)NC(C)C(=O)CC(CC(C)C)C(=O)NC(CCCCN)C(=O)CC(C)C(=O)NC(CC(C)C)C(=O)NC(CCCCN)C(=O)CC(CC(C)C)C(=O)NC(C)C(=O)CC(C)C(=O)NC(CC(C)C)C(=O)CC(CCCCN)C(=O)NC(CC(C)C)C(=O)CC(C)C(N)=O. The van der Waals surface area contributed by atoms with Crippen molar-refractivity contribution in [2.24, 2.45) is 135 Å². The highest BCUT2D eigenvalue weighted by molar-refractivity contribution is 6.02. The highest BCUT2D eigenvalue weighted by Crippen LogP contribution is 2.29. The van der Waals surface area contributed by atoms with Crippen LogP contribution in [0.4, 0.5) is 0 Å². The van der Waals surface area contributed by atoms with E-state index in [1.165, 1.54) is 48.5 Å². The summed E-state index contributed by atoms with van der Waals surface area (Å²) in [6.07, 6.45) is 4.83. The molecule has 11 amide bonds. The summed E-state index contributed by atoms with van der Waals surface area (Å²) < 4.78 is 0. The third-order valence-electron chi connectivity index (χ3n) is 26.0. The molecule has 0 heterocycles. The largest absolute Gasteiger partial charge is 0.369 e. The van der Waals surface area contributed by atoms with E-state index in [1.807, 2.05) is 111 Å². The van der Waals surface area contributed by atoms with Crippen molar-refractivity contribution < 1.29 is 95.9 Å². The van der Waals surface area contributed by atoms with Gasteiger partial charge in [-0.25, -0.2) is 0 Å². The summed E-state index contributed by atoms with van der Waals surface area (Å²) in [5.41, 5.74) is 34.7. The molecule has 36 heteroatoms. The molecule has 19 unspecified atom stereocenters. The van der Waals surface area contributed by atoms with Crippen LogP contribution in [0.25, 0.3) is 0 Å². The summed E-state index contributed by atoms with van der Waals surface area (Å²) in [6.45, 7) is 41.8. The average molecular weight is 2020 g/mol. The molecule has 0 aromatic carbocycles. The Hall–Kier alpha value is -9.00. The first kappa shape index (κ1) is 134. The van der Waals surface area contributed by atoms with Gasteiger partial charge in [0.1, 0.15) is 6.04 Å². The molecule has 0 rings (SSSR count). The number of Topliss-reactive ketones (excluding diaryl/α,β-unsaturated/α-hetero) is 9. The van der Waals surface area contributed by atoms with Crippen LogP contribution < -0.4 is 87.6 Å². The third-order valence-corrected chi connectivity index (χ3v) is 26.0. The number of hydrogen-bond donors (Lipinski definition) is 16. The lowest BCUT2D eigenvalue weighted by molar-refractivity contribution is -0.137. The molecule has 0 saturated carbocycles. The molecule has 0 aliphatic heterocycles. The minimum absolute atomic E-state index is 0.0117. The number of carbonyl (C=O) groups excluding carboxylic acids is 20. The third kappa shape index (κ3) is 57.1. The maximum Gasteiger partial charge on any atom is 0.243 e. The normalized spacial score (nSPS) is 15.7. The molecule has 0 spiro atoms. The van der Waals surface area contributed by atoms with Crippen molar-refractivity contribution in [3.63, 3.8) is 0 Å². The second kappa shape index (κ2) is 72.3. The maximum atomic E-state index is 14.7. The summed E-state index contributed by atoms with van der Waals surface area (Å²) in [4.78, 5) is 281. The van der Waals surface area contributed by atoms with Gasteiger partial charge in [0.2, 0.25) is 65.0 Å². The van der Waals surface area contributed by atoms with Gasteiger partial charge in [0.25, 0.3) is 0 Å². The van der Waals surface area contributed by atoms with Crippen molar-refractivity contribution >= 4 is 117 Å². The van der Waals surface area contributed by atoms with Crippen LogP contribution in [0.5, 0.6) is 0 Å². The molecule has 0 bridgehead atoms. The molecule has 22 N–H and O–H groups in total. The molecular weight excluding hydrogens is 1830 g/mol. The molecule has 0 aliphatic rings. The fourth-order valence-corrected chi connectivity index (χ4v) is 17.8. The number of ketones is 9. The number of nitrogens with one attached hydrogen (secondary N) is 10. The molecular formula is C107H192N16O20. The monoisotopic (exact) mass is 2020 g/mol. The number of primary amides is 1. The Morgan fingerprint density at radius 1 is 0.189 bits per heavy atom. The first-order valence-electron chi connectivity index (χ1n) is 53.4. The molecule has 143 heavy (non-hydrogen) atoms. The second-order valence-electron chi connectivity index (χ2n) is 44.1. The van der Waals surface area contributed by atoms with Crippen molar-refractivity contribution in [2.45, 2.75) is 425 Å². The molecule has 0 fully saturated rings. The van der Waals surface area contributed by atoms with E-state index >= 15 is 0 Å². The fourth-order valence-electron chi connectivity index (χ4n) is 17.8. The Labute approximate surface area is 854 Å². The van der Waals surface area contributed by atoms with E-state index in [-0.39, 0.29) is 206 Å². The van der Waals surface area contributed by atoms with Crippen molar-refractivity contribution in [1.29, 1.82) is 0 Å². The summed E-state index contributed by atoms with van der Waals surface area (Å²) in [7, 11) is 0. The van der Waals surface area contributed by atoms with Gasteiger partial charge in [-0.05, 0) is 242 Å². The lowest BCUT2D eigenvalue weighted by Crippen LogP contribution is -2.53. The summed E-state index contributed by atoms with van der Waals surface area (Å²) in [5.74, 6) is -20.0. The highest BCUT2D eigenvalue weighted by Gasteiger charge is 2.41. The van der Waals surface area contributed by atoms with E-state index in [0.717, 1.165) is 0 Å². The van der Waals surface area contributed by atoms with E-state index in [2.05, 4.69) is 53.2 Å². The van der Waals surface area contributed by atoms with Crippen molar-refractivity contribution in [3.05, 3.63) is 0 Å². The van der Waals surface area contributed by atoms with Gasteiger partial charge in [-0.2, -0.15) is 0 Å². The topological polar surface area (TPSA) is 618 Å². The van der Waals surface area contributed by atoms with Crippen molar-refractivity contribution in [3.8, 4) is 0 Å². The van der Waals surface area contributed by atoms with E-state index in [4.69, 9.17) is 34.4 Å². The number of amides is 11. The van der Waals surface area contributed by atoms with Crippen molar-refractivity contribution in [1.82, 2.24) is 53.2 Å². The number of unbranched alkanes of at least 4 members (excludes halogenated alkanes) is 5. The second-order valence-corrected chi connectivity index (χ2v) is 44.1. The Kier molecular flexibility index (Phi) is 67.8. The van der Waals surface area contributed by atoms with E-state index in [0.29, 0.717) is 90.1 Å². The average Bonchev–Trinajstić information content (AvgIpc) is 0.883.